The van der Waals surface area contributed by atoms with Crippen molar-refractivity contribution in [3.63, 3.8) is 0 Å². The standard InChI is InChI=1S/C8H12N2O4/c1-8(2,3)14-7(13)10-4-5(11)9-6(10)12/h4,11H,1-3H3,(H,9,12). The number of hydrogen-bond acceptors (Lipinski definition) is 4. The third-order valence-electron chi connectivity index (χ3n) is 1.30. The van der Waals surface area contributed by atoms with E-state index in [0.29, 0.717) is 4.57 Å². The molecule has 0 saturated carbocycles. The molecule has 0 amide bonds. The minimum atomic E-state index is -0.820. The van der Waals surface area contributed by atoms with Crippen molar-refractivity contribution < 1.29 is 14.6 Å². The fourth-order valence-electron chi connectivity index (χ4n) is 0.830. The van der Waals surface area contributed by atoms with Crippen LogP contribution in [0.1, 0.15) is 20.8 Å². The highest BCUT2D eigenvalue weighted by molar-refractivity contribution is 5.70. The van der Waals surface area contributed by atoms with Gasteiger partial charge in [-0.05, 0) is 20.8 Å². The van der Waals surface area contributed by atoms with Gasteiger partial charge in [-0.3, -0.25) is 4.98 Å². The van der Waals surface area contributed by atoms with Crippen LogP contribution < -0.4 is 5.69 Å². The Hall–Kier alpha value is -1.72. The van der Waals surface area contributed by atoms with Crippen molar-refractivity contribution >= 4 is 6.09 Å². The van der Waals surface area contributed by atoms with Crippen LogP contribution in [-0.4, -0.2) is 26.4 Å². The first-order valence-corrected chi connectivity index (χ1v) is 4.03. The molecule has 78 valence electrons. The molecular formula is C8H12N2O4. The Bertz CT molecular complexity index is 396. The highest BCUT2D eigenvalue weighted by Gasteiger charge is 2.19. The fraction of sp³-hybridized carbons (Fsp3) is 0.500. The van der Waals surface area contributed by atoms with Crippen LogP contribution in [0.2, 0.25) is 0 Å². The molecule has 0 fully saturated rings. The summed E-state index contributed by atoms with van der Waals surface area (Å²) in [7, 11) is 0. The number of ether oxygens (including phenoxy) is 1. The van der Waals surface area contributed by atoms with Gasteiger partial charge in [-0.1, -0.05) is 0 Å². The van der Waals surface area contributed by atoms with Gasteiger partial charge in [0.05, 0.1) is 6.20 Å². The molecule has 0 aliphatic rings. The lowest BCUT2D eigenvalue weighted by Crippen LogP contribution is -2.31. The van der Waals surface area contributed by atoms with Crippen molar-refractivity contribution in [3.8, 4) is 5.88 Å². The molecule has 1 heterocycles. The minimum absolute atomic E-state index is 0.374. The van der Waals surface area contributed by atoms with Crippen molar-refractivity contribution in [1.82, 2.24) is 9.55 Å². The van der Waals surface area contributed by atoms with Crippen LogP contribution in [0.25, 0.3) is 0 Å². The van der Waals surface area contributed by atoms with Gasteiger partial charge in [0.2, 0.25) is 5.88 Å². The fourth-order valence-corrected chi connectivity index (χ4v) is 0.830. The van der Waals surface area contributed by atoms with E-state index < -0.39 is 17.4 Å². The minimum Gasteiger partial charge on any atom is -0.493 e. The van der Waals surface area contributed by atoms with Crippen molar-refractivity contribution in [2.24, 2.45) is 0 Å². The van der Waals surface area contributed by atoms with Crippen LogP contribution in [0.5, 0.6) is 5.88 Å². The van der Waals surface area contributed by atoms with Gasteiger partial charge in [0.15, 0.2) is 0 Å². The number of aromatic hydroxyl groups is 1. The van der Waals surface area contributed by atoms with Gasteiger partial charge in [0.25, 0.3) is 0 Å². The molecule has 0 spiro atoms. The number of nitrogens with one attached hydrogen (secondary N) is 1. The molecule has 6 nitrogen and oxygen atoms in total. The van der Waals surface area contributed by atoms with Crippen LogP contribution >= 0.6 is 0 Å². The van der Waals surface area contributed by atoms with E-state index >= 15 is 0 Å². The summed E-state index contributed by atoms with van der Waals surface area (Å²) in [6.45, 7) is 5.05. The molecule has 1 rings (SSSR count). The zero-order chi connectivity index (χ0) is 10.9. The molecule has 0 atom stereocenters. The molecule has 0 saturated heterocycles. The van der Waals surface area contributed by atoms with E-state index in [9.17, 15) is 9.59 Å². The molecule has 2 N–H and O–H groups in total. The van der Waals surface area contributed by atoms with E-state index in [1.54, 1.807) is 20.8 Å². The number of nitrogens with zero attached hydrogens (tertiary/aromatic N) is 1. The Balaban J connectivity index is 2.91. The first kappa shape index (κ1) is 10.4. The SMILES string of the molecule is CC(C)(C)OC(=O)n1cc(O)[nH]c1=O. The molecule has 14 heavy (non-hydrogen) atoms. The van der Waals surface area contributed by atoms with Crippen LogP contribution in [0.3, 0.4) is 0 Å². The highest BCUT2D eigenvalue weighted by atomic mass is 16.6. The Labute approximate surface area is 80.1 Å². The van der Waals surface area contributed by atoms with Crippen molar-refractivity contribution in [2.75, 3.05) is 0 Å². The highest BCUT2D eigenvalue weighted by Crippen LogP contribution is 2.08. The molecular weight excluding hydrogens is 188 g/mol. The number of hydrogen-bond donors (Lipinski definition) is 2. The second kappa shape index (κ2) is 3.21. The summed E-state index contributed by atoms with van der Waals surface area (Å²) in [5, 5.41) is 8.90. The molecule has 0 aromatic carbocycles. The zero-order valence-electron chi connectivity index (χ0n) is 8.20. The van der Waals surface area contributed by atoms with E-state index in [1.165, 1.54) is 0 Å². The summed E-state index contributed by atoms with van der Waals surface area (Å²) >= 11 is 0. The molecule has 1 aromatic heterocycles. The van der Waals surface area contributed by atoms with E-state index in [1.807, 2.05) is 4.98 Å². The van der Waals surface area contributed by atoms with Crippen LogP contribution in [0.15, 0.2) is 11.0 Å². The van der Waals surface area contributed by atoms with Crippen LogP contribution in [0.4, 0.5) is 4.79 Å². The molecule has 0 unspecified atom stereocenters. The normalized spacial score (nSPS) is 11.4. The summed E-state index contributed by atoms with van der Waals surface area (Å²) in [5.74, 6) is -0.374. The molecule has 6 heteroatoms. The molecule has 1 aromatic rings. The Morgan fingerprint density at radius 2 is 2.14 bits per heavy atom. The first-order chi connectivity index (χ1) is 6.29. The lowest BCUT2D eigenvalue weighted by Gasteiger charge is -2.18. The quantitative estimate of drug-likeness (QED) is 0.644. The summed E-state index contributed by atoms with van der Waals surface area (Å²) in [4.78, 5) is 24.4. The van der Waals surface area contributed by atoms with Gasteiger partial charge in [-0.2, -0.15) is 4.57 Å². The number of imidazole rings is 1. The summed E-state index contributed by atoms with van der Waals surface area (Å²) in [5.41, 5.74) is -1.40. The third-order valence-corrected chi connectivity index (χ3v) is 1.30. The predicted octanol–water partition coefficient (Wildman–Crippen LogP) is 0.665. The second-order valence-corrected chi connectivity index (χ2v) is 3.79. The van der Waals surface area contributed by atoms with E-state index in [-0.39, 0.29) is 5.88 Å². The smallest absolute Gasteiger partial charge is 0.422 e. The maximum absolute atomic E-state index is 11.3. The summed E-state index contributed by atoms with van der Waals surface area (Å²) in [6.07, 6.45) is 0.148. The lowest BCUT2D eigenvalue weighted by atomic mass is 10.2. The molecule has 0 radical (unpaired) electrons. The van der Waals surface area contributed by atoms with Gasteiger partial charge in [0.1, 0.15) is 5.60 Å². The van der Waals surface area contributed by atoms with Crippen LogP contribution in [0, 0.1) is 0 Å². The molecule has 0 bridgehead atoms. The average Bonchev–Trinajstić information content (AvgIpc) is 2.26. The van der Waals surface area contributed by atoms with Gasteiger partial charge in [-0.25, -0.2) is 9.59 Å². The average molecular weight is 200 g/mol. The maximum Gasteiger partial charge on any atom is 0.422 e. The Morgan fingerprint density at radius 3 is 2.50 bits per heavy atom. The number of carbonyl (C=O) groups is 1. The molecule has 0 aliphatic carbocycles. The maximum atomic E-state index is 11.3. The molecule has 0 aliphatic heterocycles. The number of H-pyrrole nitrogens is 1. The van der Waals surface area contributed by atoms with Gasteiger partial charge in [-0.15, -0.1) is 0 Å². The number of rotatable bonds is 0. The predicted molar refractivity (Wildman–Crippen MR) is 48.3 cm³/mol. The monoisotopic (exact) mass is 200 g/mol. The van der Waals surface area contributed by atoms with Crippen molar-refractivity contribution in [1.29, 1.82) is 0 Å². The number of carbonyl (C=O) groups excluding carboxylic acids is 1. The van der Waals surface area contributed by atoms with E-state index in [4.69, 9.17) is 9.84 Å². The summed E-state index contributed by atoms with van der Waals surface area (Å²) in [6, 6.07) is 0. The van der Waals surface area contributed by atoms with E-state index in [2.05, 4.69) is 0 Å². The largest absolute Gasteiger partial charge is 0.493 e. The number of aromatic amines is 1. The Morgan fingerprint density at radius 1 is 1.57 bits per heavy atom. The first-order valence-electron chi connectivity index (χ1n) is 4.03. The zero-order valence-corrected chi connectivity index (χ0v) is 8.20. The van der Waals surface area contributed by atoms with Gasteiger partial charge >= 0.3 is 11.8 Å². The Kier molecular flexibility index (Phi) is 2.37. The van der Waals surface area contributed by atoms with Gasteiger partial charge < -0.3 is 9.84 Å². The van der Waals surface area contributed by atoms with Crippen molar-refractivity contribution in [2.45, 2.75) is 26.4 Å². The van der Waals surface area contributed by atoms with Crippen LogP contribution in [-0.2, 0) is 4.74 Å². The third kappa shape index (κ3) is 2.38. The lowest BCUT2D eigenvalue weighted by molar-refractivity contribution is 0.0531. The second-order valence-electron chi connectivity index (χ2n) is 3.79. The summed E-state index contributed by atoms with van der Waals surface area (Å²) < 4.78 is 5.58. The van der Waals surface area contributed by atoms with Crippen molar-refractivity contribution in [3.05, 3.63) is 16.7 Å². The van der Waals surface area contributed by atoms with Gasteiger partial charge in [0, 0.05) is 0 Å². The topological polar surface area (TPSA) is 84.3 Å². The number of aromatic nitrogens is 2. The van der Waals surface area contributed by atoms with E-state index in [0.717, 1.165) is 6.20 Å².